The number of nitrogens with zero attached hydrogens (tertiary/aromatic N) is 1. The lowest BCUT2D eigenvalue weighted by atomic mass is 9.96. The number of carbonyl (C=O) groups is 1. The Morgan fingerprint density at radius 2 is 1.95 bits per heavy atom. The van der Waals surface area contributed by atoms with Crippen LogP contribution in [0.4, 0.5) is 0 Å². The van der Waals surface area contributed by atoms with Crippen molar-refractivity contribution in [2.24, 2.45) is 5.73 Å². The highest BCUT2D eigenvalue weighted by molar-refractivity contribution is 5.80. The van der Waals surface area contributed by atoms with Gasteiger partial charge in [-0.3, -0.25) is 9.63 Å². The number of carbonyl (C=O) groups excluding carboxylic acids is 1. The molecule has 0 aliphatic carbocycles. The van der Waals surface area contributed by atoms with E-state index in [1.165, 1.54) is 5.56 Å². The number of cyclic esters (lactones) is 1. The summed E-state index contributed by atoms with van der Waals surface area (Å²) < 4.78 is 5.02. The van der Waals surface area contributed by atoms with E-state index >= 15 is 0 Å². The van der Waals surface area contributed by atoms with Crippen LogP contribution in [0.5, 0.6) is 0 Å². The Morgan fingerprint density at radius 1 is 1.30 bits per heavy atom. The summed E-state index contributed by atoms with van der Waals surface area (Å²) in [6, 6.07) is 7.63. The largest absolute Gasteiger partial charge is 0.462 e. The van der Waals surface area contributed by atoms with E-state index in [2.05, 4.69) is 0 Å². The SMILES string of the molecule is CC.Cc1ccc(CN2OC[C@@]3(N)COC(=O)[C@@H]23)cc1. The lowest BCUT2D eigenvalue weighted by molar-refractivity contribution is -0.170. The van der Waals surface area contributed by atoms with Crippen LogP contribution in [0.3, 0.4) is 0 Å². The molecule has 0 radical (unpaired) electrons. The van der Waals surface area contributed by atoms with Crippen molar-refractivity contribution in [3.8, 4) is 0 Å². The molecule has 2 aliphatic rings. The number of aryl methyl sites for hydroxylation is 1. The molecule has 2 aliphatic heterocycles. The van der Waals surface area contributed by atoms with Gasteiger partial charge >= 0.3 is 5.97 Å². The molecule has 110 valence electrons. The van der Waals surface area contributed by atoms with E-state index in [0.717, 1.165) is 5.56 Å². The molecule has 0 bridgehead atoms. The van der Waals surface area contributed by atoms with E-state index in [1.54, 1.807) is 5.06 Å². The summed E-state index contributed by atoms with van der Waals surface area (Å²) in [5, 5.41) is 1.64. The number of ether oxygens (including phenoxy) is 1. The Balaban J connectivity index is 0.000000704. The number of hydrogen-bond donors (Lipinski definition) is 1. The fourth-order valence-electron chi connectivity index (χ4n) is 2.41. The minimum absolute atomic E-state index is 0.237. The Labute approximate surface area is 119 Å². The maximum Gasteiger partial charge on any atom is 0.328 e. The maximum atomic E-state index is 11.7. The van der Waals surface area contributed by atoms with Crippen molar-refractivity contribution >= 4 is 5.97 Å². The normalized spacial score (nSPS) is 28.6. The number of hydroxylamine groups is 2. The number of nitrogens with two attached hydrogens (primary N) is 1. The Kier molecular flexibility index (Phi) is 4.42. The zero-order valence-corrected chi connectivity index (χ0v) is 12.3. The highest BCUT2D eigenvalue weighted by Crippen LogP contribution is 2.31. The second-order valence-corrected chi connectivity index (χ2v) is 5.08. The van der Waals surface area contributed by atoms with Gasteiger partial charge in [-0.05, 0) is 12.5 Å². The third-order valence-electron chi connectivity index (χ3n) is 3.50. The van der Waals surface area contributed by atoms with Crippen molar-refractivity contribution in [3.05, 3.63) is 35.4 Å². The third kappa shape index (κ3) is 2.70. The fourth-order valence-corrected chi connectivity index (χ4v) is 2.41. The van der Waals surface area contributed by atoms with Crippen molar-refractivity contribution in [2.45, 2.75) is 38.9 Å². The van der Waals surface area contributed by atoms with E-state index in [4.69, 9.17) is 15.3 Å². The van der Waals surface area contributed by atoms with E-state index in [0.29, 0.717) is 13.2 Å². The molecule has 0 amide bonds. The van der Waals surface area contributed by atoms with E-state index in [9.17, 15) is 4.79 Å². The minimum Gasteiger partial charge on any atom is -0.462 e. The molecule has 1 aromatic rings. The summed E-state index contributed by atoms with van der Waals surface area (Å²) in [6.07, 6.45) is 0. The standard InChI is InChI=1S/C13H16N2O3.C2H6/c1-9-2-4-10(5-3-9)6-15-11-12(16)17-7-13(11,14)8-18-15;1-2/h2-5,11H,6-8,14H2,1H3;1-2H3/t11-,13+;/m1./s1. The smallest absolute Gasteiger partial charge is 0.328 e. The summed E-state index contributed by atoms with van der Waals surface area (Å²) in [5.41, 5.74) is 7.71. The monoisotopic (exact) mass is 278 g/mol. The molecule has 20 heavy (non-hydrogen) atoms. The molecule has 0 aromatic heterocycles. The van der Waals surface area contributed by atoms with Crippen LogP contribution < -0.4 is 5.73 Å². The van der Waals surface area contributed by atoms with Gasteiger partial charge in [0.25, 0.3) is 0 Å². The molecule has 3 rings (SSSR count). The Morgan fingerprint density at radius 3 is 2.60 bits per heavy atom. The maximum absolute atomic E-state index is 11.7. The lowest BCUT2D eigenvalue weighted by Crippen LogP contribution is -2.53. The van der Waals surface area contributed by atoms with Crippen LogP contribution in [-0.2, 0) is 20.9 Å². The van der Waals surface area contributed by atoms with Gasteiger partial charge in [0.2, 0.25) is 0 Å². The number of hydrogen-bond acceptors (Lipinski definition) is 5. The highest BCUT2D eigenvalue weighted by Gasteiger charge is 2.56. The predicted octanol–water partition coefficient (Wildman–Crippen LogP) is 1.39. The molecule has 2 saturated heterocycles. The first-order valence-corrected chi connectivity index (χ1v) is 6.99. The first-order chi connectivity index (χ1) is 9.58. The van der Waals surface area contributed by atoms with Gasteiger partial charge < -0.3 is 10.5 Å². The van der Waals surface area contributed by atoms with Crippen LogP contribution >= 0.6 is 0 Å². The fraction of sp³-hybridized carbons (Fsp3) is 0.533. The third-order valence-corrected chi connectivity index (χ3v) is 3.50. The molecule has 0 unspecified atom stereocenters. The zero-order valence-electron chi connectivity index (χ0n) is 12.3. The average molecular weight is 278 g/mol. The minimum atomic E-state index is -0.693. The summed E-state index contributed by atoms with van der Waals surface area (Å²) in [6.45, 7) is 7.14. The van der Waals surface area contributed by atoms with Gasteiger partial charge in [0, 0.05) is 0 Å². The topological polar surface area (TPSA) is 64.8 Å². The van der Waals surface area contributed by atoms with E-state index in [1.807, 2.05) is 45.0 Å². The lowest BCUT2D eigenvalue weighted by Gasteiger charge is -2.21. The van der Waals surface area contributed by atoms with Crippen molar-refractivity contribution in [3.63, 3.8) is 0 Å². The van der Waals surface area contributed by atoms with Gasteiger partial charge in [-0.15, -0.1) is 0 Å². The highest BCUT2D eigenvalue weighted by atomic mass is 16.7. The molecular formula is C15H22N2O3. The summed E-state index contributed by atoms with van der Waals surface area (Å²) >= 11 is 0. The van der Waals surface area contributed by atoms with Crippen LogP contribution in [0.15, 0.2) is 24.3 Å². The van der Waals surface area contributed by atoms with Crippen LogP contribution in [0.1, 0.15) is 25.0 Å². The molecule has 2 fully saturated rings. The molecule has 5 nitrogen and oxygen atoms in total. The first kappa shape index (κ1) is 15.0. The van der Waals surface area contributed by atoms with E-state index in [-0.39, 0.29) is 12.6 Å². The molecular weight excluding hydrogens is 256 g/mol. The molecule has 2 N–H and O–H groups in total. The summed E-state index contributed by atoms with van der Waals surface area (Å²) in [7, 11) is 0. The zero-order chi connectivity index (χ0) is 14.8. The molecule has 0 saturated carbocycles. The number of benzene rings is 1. The second kappa shape index (κ2) is 5.91. The van der Waals surface area contributed by atoms with Crippen molar-refractivity contribution in [1.29, 1.82) is 0 Å². The van der Waals surface area contributed by atoms with Crippen LogP contribution in [0, 0.1) is 6.92 Å². The van der Waals surface area contributed by atoms with Gasteiger partial charge in [-0.2, -0.15) is 5.06 Å². The first-order valence-electron chi connectivity index (χ1n) is 6.99. The number of fused-ring (bicyclic) bond motifs is 1. The summed E-state index contributed by atoms with van der Waals surface area (Å²) in [4.78, 5) is 17.2. The molecule has 2 atom stereocenters. The number of esters is 1. The van der Waals surface area contributed by atoms with Gasteiger partial charge in [0.15, 0.2) is 6.04 Å². The molecule has 2 heterocycles. The molecule has 0 spiro atoms. The summed E-state index contributed by atoms with van der Waals surface area (Å²) in [5.74, 6) is -0.290. The van der Waals surface area contributed by atoms with Gasteiger partial charge in [-0.1, -0.05) is 43.7 Å². The number of rotatable bonds is 2. The van der Waals surface area contributed by atoms with Gasteiger partial charge in [0.1, 0.15) is 12.1 Å². The Hall–Kier alpha value is -1.43. The van der Waals surface area contributed by atoms with Crippen molar-refractivity contribution < 1.29 is 14.4 Å². The average Bonchev–Trinajstić information content (AvgIpc) is 2.93. The Bertz CT molecular complexity index is 475. The van der Waals surface area contributed by atoms with Gasteiger partial charge in [-0.25, -0.2) is 0 Å². The molecule has 1 aromatic carbocycles. The van der Waals surface area contributed by atoms with Crippen LogP contribution in [-0.4, -0.2) is 35.8 Å². The van der Waals surface area contributed by atoms with Crippen LogP contribution in [0.25, 0.3) is 0 Å². The van der Waals surface area contributed by atoms with Crippen molar-refractivity contribution in [2.75, 3.05) is 13.2 Å². The predicted molar refractivity (Wildman–Crippen MR) is 75.7 cm³/mol. The van der Waals surface area contributed by atoms with Crippen LogP contribution in [0.2, 0.25) is 0 Å². The van der Waals surface area contributed by atoms with Crippen molar-refractivity contribution in [1.82, 2.24) is 5.06 Å². The van der Waals surface area contributed by atoms with Gasteiger partial charge in [0.05, 0.1) is 13.2 Å². The second-order valence-electron chi connectivity index (χ2n) is 5.08. The van der Waals surface area contributed by atoms with E-state index < -0.39 is 11.6 Å². The quantitative estimate of drug-likeness (QED) is 0.828. The molecule has 5 heteroatoms.